The number of amides is 1. The molecule has 0 unspecified atom stereocenters. The quantitative estimate of drug-likeness (QED) is 0.336. The molecule has 1 aliphatic heterocycles. The van der Waals surface area contributed by atoms with E-state index in [4.69, 9.17) is 0 Å². The predicted octanol–water partition coefficient (Wildman–Crippen LogP) is 3.11. The SMILES string of the molecule is Cc1cc(SCC(=O)NN=Cc2ccccc2O)nc(N2CCCCCC2)n1. The Labute approximate surface area is 169 Å². The number of aromatic nitrogens is 2. The van der Waals surface area contributed by atoms with E-state index >= 15 is 0 Å². The second-order valence-electron chi connectivity index (χ2n) is 6.69. The minimum atomic E-state index is -0.232. The number of nitrogens with one attached hydrogen (secondary N) is 1. The van der Waals surface area contributed by atoms with Crippen LogP contribution in [0.4, 0.5) is 5.95 Å². The summed E-state index contributed by atoms with van der Waals surface area (Å²) in [7, 11) is 0. The van der Waals surface area contributed by atoms with Crippen molar-refractivity contribution in [1.29, 1.82) is 0 Å². The van der Waals surface area contributed by atoms with Gasteiger partial charge in [-0.3, -0.25) is 4.79 Å². The molecule has 3 rings (SSSR count). The number of rotatable bonds is 6. The standard InChI is InChI=1S/C20H25N5O2S/c1-15-12-19(23-20(22-15)25-10-6-2-3-7-11-25)28-14-18(27)24-21-13-16-8-4-5-9-17(16)26/h4-5,8-9,12-13,26H,2-3,6-7,10-11,14H2,1H3,(H,24,27). The lowest BCUT2D eigenvalue weighted by Gasteiger charge is -2.20. The molecule has 0 spiro atoms. The third-order valence-electron chi connectivity index (χ3n) is 4.39. The van der Waals surface area contributed by atoms with E-state index in [0.717, 1.165) is 42.6 Å². The molecule has 148 valence electrons. The first-order valence-electron chi connectivity index (χ1n) is 9.45. The summed E-state index contributed by atoms with van der Waals surface area (Å²) < 4.78 is 0. The summed E-state index contributed by atoms with van der Waals surface area (Å²) in [6, 6.07) is 8.69. The van der Waals surface area contributed by atoms with E-state index < -0.39 is 0 Å². The van der Waals surface area contributed by atoms with Crippen molar-refractivity contribution < 1.29 is 9.90 Å². The number of anilines is 1. The van der Waals surface area contributed by atoms with E-state index in [0.29, 0.717) is 5.56 Å². The van der Waals surface area contributed by atoms with E-state index in [9.17, 15) is 9.90 Å². The highest BCUT2D eigenvalue weighted by Gasteiger charge is 2.14. The van der Waals surface area contributed by atoms with Crippen LogP contribution < -0.4 is 10.3 Å². The van der Waals surface area contributed by atoms with Crippen molar-refractivity contribution in [2.75, 3.05) is 23.7 Å². The zero-order chi connectivity index (χ0) is 19.8. The number of hydrazone groups is 1. The molecular formula is C20H25N5O2S. The summed E-state index contributed by atoms with van der Waals surface area (Å²) >= 11 is 1.36. The Morgan fingerprint density at radius 3 is 2.75 bits per heavy atom. The molecule has 0 aliphatic carbocycles. The third kappa shape index (κ3) is 5.95. The van der Waals surface area contributed by atoms with Gasteiger partial charge in [0.25, 0.3) is 0 Å². The van der Waals surface area contributed by atoms with Crippen LogP contribution in [0.5, 0.6) is 5.75 Å². The molecule has 2 heterocycles. The van der Waals surface area contributed by atoms with Gasteiger partial charge in [0.15, 0.2) is 0 Å². The maximum absolute atomic E-state index is 12.0. The first kappa shape index (κ1) is 20.1. The van der Waals surface area contributed by atoms with Crippen LogP contribution in [0.2, 0.25) is 0 Å². The largest absolute Gasteiger partial charge is 0.507 e. The Morgan fingerprint density at radius 2 is 2.00 bits per heavy atom. The second kappa shape index (κ2) is 10.1. The minimum absolute atomic E-state index is 0.118. The molecule has 2 N–H and O–H groups in total. The van der Waals surface area contributed by atoms with Crippen LogP contribution in [0.1, 0.15) is 36.9 Å². The summed E-state index contributed by atoms with van der Waals surface area (Å²) in [5.41, 5.74) is 3.92. The number of carbonyl (C=O) groups is 1. The molecule has 0 saturated carbocycles. The smallest absolute Gasteiger partial charge is 0.250 e. The number of phenolic OH excluding ortho intramolecular Hbond substituents is 1. The van der Waals surface area contributed by atoms with Gasteiger partial charge < -0.3 is 10.0 Å². The van der Waals surface area contributed by atoms with Gasteiger partial charge in [0.05, 0.1) is 12.0 Å². The summed E-state index contributed by atoms with van der Waals surface area (Å²) in [6.45, 7) is 3.91. The van der Waals surface area contributed by atoms with E-state index in [1.165, 1.54) is 30.8 Å². The Balaban J connectivity index is 1.55. The van der Waals surface area contributed by atoms with Gasteiger partial charge in [0.1, 0.15) is 10.8 Å². The normalized spacial score (nSPS) is 14.8. The third-order valence-corrected chi connectivity index (χ3v) is 5.30. The zero-order valence-electron chi connectivity index (χ0n) is 16.0. The lowest BCUT2D eigenvalue weighted by molar-refractivity contribution is -0.118. The van der Waals surface area contributed by atoms with Crippen molar-refractivity contribution in [3.8, 4) is 5.75 Å². The number of phenols is 1. The van der Waals surface area contributed by atoms with Crippen molar-refractivity contribution in [3.63, 3.8) is 0 Å². The molecule has 1 amide bonds. The van der Waals surface area contributed by atoms with Crippen LogP contribution in [0.25, 0.3) is 0 Å². The molecule has 0 radical (unpaired) electrons. The predicted molar refractivity (Wildman–Crippen MR) is 112 cm³/mol. The van der Waals surface area contributed by atoms with Gasteiger partial charge in [-0.2, -0.15) is 5.10 Å². The first-order valence-corrected chi connectivity index (χ1v) is 10.4. The highest BCUT2D eigenvalue weighted by Crippen LogP contribution is 2.21. The van der Waals surface area contributed by atoms with Crippen LogP contribution in [-0.2, 0) is 4.79 Å². The van der Waals surface area contributed by atoms with E-state index in [2.05, 4.69) is 25.4 Å². The Morgan fingerprint density at radius 1 is 1.25 bits per heavy atom. The molecule has 1 fully saturated rings. The molecular weight excluding hydrogens is 374 g/mol. The molecule has 0 atom stereocenters. The number of aryl methyl sites for hydroxylation is 1. The molecule has 1 saturated heterocycles. The van der Waals surface area contributed by atoms with Gasteiger partial charge in [0.2, 0.25) is 11.9 Å². The first-order chi connectivity index (χ1) is 13.6. The van der Waals surface area contributed by atoms with Crippen molar-refractivity contribution >= 4 is 29.8 Å². The van der Waals surface area contributed by atoms with Crippen LogP contribution >= 0.6 is 11.8 Å². The Hall–Kier alpha value is -2.61. The molecule has 1 aromatic carbocycles. The molecule has 7 nitrogen and oxygen atoms in total. The Bertz CT molecular complexity index is 835. The number of aromatic hydroxyl groups is 1. The number of benzene rings is 1. The molecule has 2 aromatic rings. The number of hydrogen-bond donors (Lipinski definition) is 2. The lowest BCUT2D eigenvalue weighted by atomic mass is 10.2. The number of carbonyl (C=O) groups excluding carboxylic acids is 1. The second-order valence-corrected chi connectivity index (χ2v) is 7.69. The molecule has 8 heteroatoms. The maximum Gasteiger partial charge on any atom is 0.250 e. The van der Waals surface area contributed by atoms with E-state index in [-0.39, 0.29) is 17.4 Å². The topological polar surface area (TPSA) is 90.7 Å². The van der Waals surface area contributed by atoms with Gasteiger partial charge in [-0.25, -0.2) is 15.4 Å². The van der Waals surface area contributed by atoms with E-state index in [1.54, 1.807) is 24.3 Å². The fraction of sp³-hybridized carbons (Fsp3) is 0.400. The number of nitrogens with zero attached hydrogens (tertiary/aromatic N) is 4. The van der Waals surface area contributed by atoms with Gasteiger partial charge in [-0.05, 0) is 38.0 Å². The summed E-state index contributed by atoms with van der Waals surface area (Å²) in [5.74, 6) is 0.840. The van der Waals surface area contributed by atoms with Gasteiger partial charge in [0, 0.05) is 24.3 Å². The highest BCUT2D eigenvalue weighted by atomic mass is 32.2. The van der Waals surface area contributed by atoms with Gasteiger partial charge >= 0.3 is 0 Å². The summed E-state index contributed by atoms with van der Waals surface area (Å²) in [5, 5.41) is 14.4. The minimum Gasteiger partial charge on any atom is -0.507 e. The van der Waals surface area contributed by atoms with Crippen LogP contribution in [0, 0.1) is 6.92 Å². The fourth-order valence-corrected chi connectivity index (χ4v) is 3.70. The highest BCUT2D eigenvalue weighted by molar-refractivity contribution is 7.99. The van der Waals surface area contributed by atoms with Crippen LogP contribution in [-0.4, -0.2) is 46.0 Å². The van der Waals surface area contributed by atoms with Gasteiger partial charge in [-0.1, -0.05) is 36.7 Å². The fourth-order valence-electron chi connectivity index (χ4n) is 2.95. The van der Waals surface area contributed by atoms with Crippen LogP contribution in [0.15, 0.2) is 40.5 Å². The van der Waals surface area contributed by atoms with Crippen molar-refractivity contribution in [2.45, 2.75) is 37.6 Å². The summed E-state index contributed by atoms with van der Waals surface area (Å²) in [4.78, 5) is 23.5. The zero-order valence-corrected chi connectivity index (χ0v) is 16.8. The monoisotopic (exact) mass is 399 g/mol. The van der Waals surface area contributed by atoms with E-state index in [1.807, 2.05) is 13.0 Å². The van der Waals surface area contributed by atoms with Crippen LogP contribution in [0.3, 0.4) is 0 Å². The lowest BCUT2D eigenvalue weighted by Crippen LogP contribution is -2.26. The molecule has 0 bridgehead atoms. The molecule has 28 heavy (non-hydrogen) atoms. The molecule has 1 aromatic heterocycles. The summed E-state index contributed by atoms with van der Waals surface area (Å²) in [6.07, 6.45) is 6.26. The number of hydrogen-bond acceptors (Lipinski definition) is 7. The Kier molecular flexibility index (Phi) is 7.25. The van der Waals surface area contributed by atoms with Crippen molar-refractivity contribution in [3.05, 3.63) is 41.6 Å². The number of thioether (sulfide) groups is 1. The molecule has 1 aliphatic rings. The average molecular weight is 400 g/mol. The number of para-hydroxylation sites is 1. The van der Waals surface area contributed by atoms with Gasteiger partial charge in [-0.15, -0.1) is 0 Å². The maximum atomic E-state index is 12.0. The average Bonchev–Trinajstić information content (AvgIpc) is 2.97. The van der Waals surface area contributed by atoms with Crippen molar-refractivity contribution in [1.82, 2.24) is 15.4 Å². The van der Waals surface area contributed by atoms with Crippen molar-refractivity contribution in [2.24, 2.45) is 5.10 Å².